The molecule has 23 heavy (non-hydrogen) atoms. The van der Waals surface area contributed by atoms with Crippen molar-refractivity contribution in [3.8, 4) is 0 Å². The van der Waals surface area contributed by atoms with Gasteiger partial charge in [-0.2, -0.15) is 0 Å². The predicted octanol–water partition coefficient (Wildman–Crippen LogP) is 2.72. The Kier molecular flexibility index (Phi) is 6.87. The van der Waals surface area contributed by atoms with Gasteiger partial charge in [-0.05, 0) is 37.7 Å². The van der Waals surface area contributed by atoms with E-state index >= 15 is 0 Å². The molecule has 6 nitrogen and oxygen atoms in total. The van der Waals surface area contributed by atoms with Crippen LogP contribution in [-0.2, 0) is 20.9 Å². The van der Waals surface area contributed by atoms with E-state index in [0.29, 0.717) is 12.8 Å². The lowest BCUT2D eigenvalue weighted by molar-refractivity contribution is -0.139. The molecular formula is C17H23NO5. The second kappa shape index (κ2) is 9.15. The van der Waals surface area contributed by atoms with Crippen molar-refractivity contribution in [3.05, 3.63) is 35.9 Å². The van der Waals surface area contributed by atoms with Crippen LogP contribution in [-0.4, -0.2) is 35.9 Å². The molecule has 1 saturated heterocycles. The van der Waals surface area contributed by atoms with E-state index in [1.807, 2.05) is 30.3 Å². The maximum Gasteiger partial charge on any atom is 0.408 e. The van der Waals surface area contributed by atoms with E-state index < -0.39 is 18.1 Å². The Morgan fingerprint density at radius 3 is 2.74 bits per heavy atom. The zero-order chi connectivity index (χ0) is 16.5. The fourth-order valence-electron chi connectivity index (χ4n) is 2.55. The number of carbonyl (C=O) groups excluding carboxylic acids is 1. The van der Waals surface area contributed by atoms with Gasteiger partial charge in [0.1, 0.15) is 12.6 Å². The first-order valence-electron chi connectivity index (χ1n) is 7.97. The van der Waals surface area contributed by atoms with E-state index in [1.165, 1.54) is 0 Å². The topological polar surface area (TPSA) is 84.9 Å². The largest absolute Gasteiger partial charge is 0.480 e. The SMILES string of the molecule is O=C(NC(CCC1CCCCO1)C(=O)O)OCc1ccccc1. The van der Waals surface area contributed by atoms with Crippen LogP contribution >= 0.6 is 0 Å². The first kappa shape index (κ1) is 17.3. The van der Waals surface area contributed by atoms with Gasteiger partial charge in [0.25, 0.3) is 0 Å². The van der Waals surface area contributed by atoms with Crippen molar-refractivity contribution in [3.63, 3.8) is 0 Å². The molecule has 0 spiro atoms. The fourth-order valence-corrected chi connectivity index (χ4v) is 2.55. The molecule has 0 aliphatic carbocycles. The van der Waals surface area contributed by atoms with Crippen molar-refractivity contribution in [1.82, 2.24) is 5.32 Å². The van der Waals surface area contributed by atoms with E-state index in [-0.39, 0.29) is 12.7 Å². The van der Waals surface area contributed by atoms with E-state index in [0.717, 1.165) is 31.4 Å². The Labute approximate surface area is 135 Å². The van der Waals surface area contributed by atoms with Crippen LogP contribution in [0.2, 0.25) is 0 Å². The maximum absolute atomic E-state index is 11.8. The number of aliphatic carboxylic acids is 1. The summed E-state index contributed by atoms with van der Waals surface area (Å²) >= 11 is 0. The van der Waals surface area contributed by atoms with E-state index in [9.17, 15) is 14.7 Å². The van der Waals surface area contributed by atoms with E-state index in [4.69, 9.17) is 9.47 Å². The van der Waals surface area contributed by atoms with Gasteiger partial charge in [0, 0.05) is 6.61 Å². The number of benzene rings is 1. The summed E-state index contributed by atoms with van der Waals surface area (Å²) in [6.45, 7) is 0.847. The van der Waals surface area contributed by atoms with Crippen molar-refractivity contribution in [1.29, 1.82) is 0 Å². The highest BCUT2D eigenvalue weighted by Crippen LogP contribution is 2.18. The standard InChI is InChI=1S/C17H23NO5/c19-16(20)15(10-9-14-8-4-5-11-22-14)18-17(21)23-12-13-6-2-1-3-7-13/h1-3,6-7,14-15H,4-5,8-12H2,(H,18,21)(H,19,20). The highest BCUT2D eigenvalue weighted by Gasteiger charge is 2.23. The van der Waals surface area contributed by atoms with Crippen molar-refractivity contribution in [2.45, 2.75) is 50.9 Å². The highest BCUT2D eigenvalue weighted by atomic mass is 16.5. The average Bonchev–Trinajstić information content (AvgIpc) is 2.58. The number of alkyl carbamates (subject to hydrolysis) is 1. The Morgan fingerprint density at radius 1 is 1.30 bits per heavy atom. The van der Waals surface area contributed by atoms with Crippen LogP contribution in [0.25, 0.3) is 0 Å². The predicted molar refractivity (Wildman–Crippen MR) is 84.0 cm³/mol. The lowest BCUT2D eigenvalue weighted by Gasteiger charge is -2.24. The van der Waals surface area contributed by atoms with Crippen molar-refractivity contribution >= 4 is 12.1 Å². The second-order valence-electron chi connectivity index (χ2n) is 5.66. The van der Waals surface area contributed by atoms with Crippen LogP contribution in [0, 0.1) is 0 Å². The number of hydrogen-bond donors (Lipinski definition) is 2. The van der Waals surface area contributed by atoms with Gasteiger partial charge in [0.2, 0.25) is 0 Å². The number of carbonyl (C=O) groups is 2. The third kappa shape index (κ3) is 6.28. The molecule has 1 fully saturated rings. The summed E-state index contributed by atoms with van der Waals surface area (Å²) < 4.78 is 10.6. The van der Waals surface area contributed by atoms with Crippen molar-refractivity contribution < 1.29 is 24.2 Å². The molecule has 0 bridgehead atoms. The van der Waals surface area contributed by atoms with Crippen LogP contribution in [0.15, 0.2) is 30.3 Å². The molecule has 2 atom stereocenters. The summed E-state index contributed by atoms with van der Waals surface area (Å²) in [5, 5.41) is 11.6. The van der Waals surface area contributed by atoms with Crippen LogP contribution in [0.1, 0.15) is 37.7 Å². The Morgan fingerprint density at radius 2 is 2.09 bits per heavy atom. The van der Waals surface area contributed by atoms with Gasteiger partial charge in [-0.1, -0.05) is 30.3 Å². The van der Waals surface area contributed by atoms with Gasteiger partial charge in [0.15, 0.2) is 0 Å². The molecule has 0 saturated carbocycles. The number of hydrogen-bond acceptors (Lipinski definition) is 4. The summed E-state index contributed by atoms with van der Waals surface area (Å²) in [4.78, 5) is 23.0. The first-order chi connectivity index (χ1) is 11.1. The molecule has 2 unspecified atom stereocenters. The van der Waals surface area contributed by atoms with E-state index in [2.05, 4.69) is 5.32 Å². The molecule has 0 aromatic heterocycles. The minimum absolute atomic E-state index is 0.0905. The van der Waals surface area contributed by atoms with Crippen LogP contribution in [0.4, 0.5) is 4.79 Å². The highest BCUT2D eigenvalue weighted by molar-refractivity contribution is 5.79. The van der Waals surface area contributed by atoms with Gasteiger partial charge in [-0.25, -0.2) is 9.59 Å². The Balaban J connectivity index is 1.74. The molecule has 2 rings (SSSR count). The maximum atomic E-state index is 11.8. The van der Waals surface area contributed by atoms with Gasteiger partial charge in [-0.15, -0.1) is 0 Å². The van der Waals surface area contributed by atoms with E-state index in [1.54, 1.807) is 0 Å². The van der Waals surface area contributed by atoms with Gasteiger partial charge >= 0.3 is 12.1 Å². The fraction of sp³-hybridized carbons (Fsp3) is 0.529. The molecule has 6 heteroatoms. The second-order valence-corrected chi connectivity index (χ2v) is 5.66. The van der Waals surface area contributed by atoms with Crippen molar-refractivity contribution in [2.75, 3.05) is 6.61 Å². The summed E-state index contributed by atoms with van der Waals surface area (Å²) in [7, 11) is 0. The molecule has 0 radical (unpaired) electrons. The minimum Gasteiger partial charge on any atom is -0.480 e. The molecule has 1 heterocycles. The summed E-state index contributed by atoms with van der Waals surface area (Å²) in [6, 6.07) is 8.29. The van der Waals surface area contributed by atoms with Gasteiger partial charge < -0.3 is 19.9 Å². The molecule has 1 amide bonds. The van der Waals surface area contributed by atoms with Crippen LogP contribution in [0.5, 0.6) is 0 Å². The average molecular weight is 321 g/mol. The van der Waals surface area contributed by atoms with Gasteiger partial charge in [0.05, 0.1) is 6.10 Å². The smallest absolute Gasteiger partial charge is 0.408 e. The van der Waals surface area contributed by atoms with Crippen molar-refractivity contribution in [2.24, 2.45) is 0 Å². The first-order valence-corrected chi connectivity index (χ1v) is 7.97. The summed E-state index contributed by atoms with van der Waals surface area (Å²) in [6.07, 6.45) is 3.44. The lowest BCUT2D eigenvalue weighted by atomic mass is 10.0. The molecule has 1 aliphatic rings. The van der Waals surface area contributed by atoms with Gasteiger partial charge in [-0.3, -0.25) is 0 Å². The monoisotopic (exact) mass is 321 g/mol. The molecular weight excluding hydrogens is 298 g/mol. The Hall–Kier alpha value is -2.08. The normalized spacial score (nSPS) is 18.9. The van der Waals surface area contributed by atoms with Crippen LogP contribution < -0.4 is 5.32 Å². The number of rotatable bonds is 7. The minimum atomic E-state index is -1.06. The summed E-state index contributed by atoms with van der Waals surface area (Å²) in [5.74, 6) is -1.06. The zero-order valence-corrected chi connectivity index (χ0v) is 13.1. The third-order valence-electron chi connectivity index (χ3n) is 3.85. The number of carboxylic acids is 1. The quantitative estimate of drug-likeness (QED) is 0.806. The molecule has 126 valence electrons. The number of carboxylic acid groups (broad SMARTS) is 1. The number of amides is 1. The molecule has 1 aromatic carbocycles. The Bertz CT molecular complexity index is 499. The molecule has 1 aromatic rings. The lowest BCUT2D eigenvalue weighted by Crippen LogP contribution is -2.41. The third-order valence-corrected chi connectivity index (χ3v) is 3.85. The zero-order valence-electron chi connectivity index (χ0n) is 13.1. The molecule has 1 aliphatic heterocycles. The molecule has 2 N–H and O–H groups in total. The summed E-state index contributed by atoms with van der Waals surface area (Å²) in [5.41, 5.74) is 0.852. The van der Waals surface area contributed by atoms with Crippen LogP contribution in [0.3, 0.4) is 0 Å². The number of nitrogens with one attached hydrogen (secondary N) is 1. The number of ether oxygens (including phenoxy) is 2.